The molecule has 5 nitrogen and oxygen atoms in total. The molecule has 2 rings (SSSR count). The molecule has 1 atom stereocenters. The Bertz CT molecular complexity index is 599. The van der Waals surface area contributed by atoms with Crippen LogP contribution in [-0.2, 0) is 0 Å². The van der Waals surface area contributed by atoms with Crippen molar-refractivity contribution in [3.05, 3.63) is 69.8 Å². The number of nitrogens with zero attached hydrogens (tertiary/aromatic N) is 1. The fourth-order valence-corrected chi connectivity index (χ4v) is 2.08. The lowest BCUT2D eigenvalue weighted by Gasteiger charge is -2.14. The van der Waals surface area contributed by atoms with Gasteiger partial charge in [-0.2, -0.15) is 0 Å². The Balaban J connectivity index is 2.12. The van der Waals surface area contributed by atoms with Crippen LogP contribution < -0.4 is 11.1 Å². The Morgan fingerprint density at radius 1 is 1.20 bits per heavy atom. The van der Waals surface area contributed by atoms with Gasteiger partial charge in [0.05, 0.1) is 4.92 Å². The zero-order chi connectivity index (χ0) is 14.5. The highest BCUT2D eigenvalue weighted by Gasteiger charge is 2.17. The summed E-state index contributed by atoms with van der Waals surface area (Å²) in [6.45, 7) is 2.16. The van der Waals surface area contributed by atoms with Gasteiger partial charge in [-0.15, -0.1) is 0 Å². The molecule has 0 radical (unpaired) electrons. The number of para-hydroxylation sites is 1. The van der Waals surface area contributed by atoms with Gasteiger partial charge in [-0.25, -0.2) is 0 Å². The first kappa shape index (κ1) is 14.0. The van der Waals surface area contributed by atoms with Crippen molar-refractivity contribution in [3.63, 3.8) is 0 Å². The molecule has 0 fully saturated rings. The van der Waals surface area contributed by atoms with E-state index in [0.29, 0.717) is 17.8 Å². The zero-order valence-corrected chi connectivity index (χ0v) is 11.2. The highest BCUT2D eigenvalue weighted by Crippen LogP contribution is 2.28. The van der Waals surface area contributed by atoms with Crippen molar-refractivity contribution in [2.75, 3.05) is 11.9 Å². The van der Waals surface area contributed by atoms with Crippen molar-refractivity contribution in [1.82, 2.24) is 0 Å². The van der Waals surface area contributed by atoms with Crippen molar-refractivity contribution in [1.29, 1.82) is 0 Å². The average molecular weight is 271 g/mol. The van der Waals surface area contributed by atoms with Gasteiger partial charge >= 0.3 is 0 Å². The van der Waals surface area contributed by atoms with Gasteiger partial charge in [0.25, 0.3) is 5.69 Å². The van der Waals surface area contributed by atoms with Crippen LogP contribution in [0.15, 0.2) is 48.5 Å². The van der Waals surface area contributed by atoms with E-state index in [1.165, 1.54) is 0 Å². The third-order valence-electron chi connectivity index (χ3n) is 3.16. The number of aryl methyl sites for hydroxylation is 1. The largest absolute Gasteiger partial charge is 0.378 e. The van der Waals surface area contributed by atoms with Crippen molar-refractivity contribution in [2.45, 2.75) is 13.0 Å². The third-order valence-corrected chi connectivity index (χ3v) is 3.16. The summed E-state index contributed by atoms with van der Waals surface area (Å²) in [5.41, 5.74) is 8.31. The molecule has 0 saturated carbocycles. The number of nitrogens with one attached hydrogen (secondary N) is 1. The van der Waals surface area contributed by atoms with E-state index in [1.54, 1.807) is 25.1 Å². The Morgan fingerprint density at radius 3 is 2.55 bits per heavy atom. The highest BCUT2D eigenvalue weighted by atomic mass is 16.6. The number of hydrogen-bond acceptors (Lipinski definition) is 4. The van der Waals surface area contributed by atoms with E-state index >= 15 is 0 Å². The molecule has 0 amide bonds. The highest BCUT2D eigenvalue weighted by molar-refractivity contribution is 5.65. The predicted octanol–water partition coefficient (Wildman–Crippen LogP) is 3.02. The molecule has 0 aromatic heterocycles. The Kier molecular flexibility index (Phi) is 4.32. The van der Waals surface area contributed by atoms with E-state index in [-0.39, 0.29) is 16.7 Å². The molecule has 2 aromatic carbocycles. The minimum atomic E-state index is -0.369. The van der Waals surface area contributed by atoms with E-state index in [0.717, 1.165) is 5.56 Å². The lowest BCUT2D eigenvalue weighted by molar-refractivity contribution is -0.384. The first-order valence-corrected chi connectivity index (χ1v) is 6.38. The second-order valence-corrected chi connectivity index (χ2v) is 4.63. The van der Waals surface area contributed by atoms with E-state index < -0.39 is 0 Å². The average Bonchev–Trinajstić information content (AvgIpc) is 2.45. The van der Waals surface area contributed by atoms with Gasteiger partial charge in [-0.05, 0) is 18.6 Å². The minimum absolute atomic E-state index is 0.104. The lowest BCUT2D eigenvalue weighted by atomic mass is 10.1. The minimum Gasteiger partial charge on any atom is -0.378 e. The molecule has 0 aliphatic carbocycles. The molecule has 0 saturated heterocycles. The Morgan fingerprint density at radius 2 is 1.90 bits per heavy atom. The molecule has 0 heterocycles. The second kappa shape index (κ2) is 6.16. The standard InChI is InChI=1S/C15H17N3O2/c1-11-6-5-9-14(15(11)18(19)20)17-10-13(16)12-7-3-2-4-8-12/h2-9,13,17H,10,16H2,1H3. The zero-order valence-electron chi connectivity index (χ0n) is 11.2. The molecule has 104 valence electrons. The van der Waals surface area contributed by atoms with E-state index in [9.17, 15) is 10.1 Å². The van der Waals surface area contributed by atoms with E-state index in [4.69, 9.17) is 5.73 Å². The first-order chi connectivity index (χ1) is 9.59. The van der Waals surface area contributed by atoms with Gasteiger partial charge in [-0.1, -0.05) is 42.5 Å². The number of benzene rings is 2. The number of hydrogen-bond donors (Lipinski definition) is 2. The van der Waals surface area contributed by atoms with E-state index in [2.05, 4.69) is 5.32 Å². The van der Waals surface area contributed by atoms with Gasteiger partial charge in [0.2, 0.25) is 0 Å². The summed E-state index contributed by atoms with van der Waals surface area (Å²) in [6.07, 6.45) is 0. The monoisotopic (exact) mass is 271 g/mol. The second-order valence-electron chi connectivity index (χ2n) is 4.63. The summed E-state index contributed by atoms with van der Waals surface area (Å²) in [5, 5.41) is 14.2. The molecule has 2 aromatic rings. The van der Waals surface area contributed by atoms with Crippen molar-refractivity contribution >= 4 is 11.4 Å². The van der Waals surface area contributed by atoms with Crippen LogP contribution in [0.2, 0.25) is 0 Å². The summed E-state index contributed by atoms with van der Waals surface area (Å²) in [5.74, 6) is 0. The number of nitrogens with two attached hydrogens (primary N) is 1. The molecule has 0 bridgehead atoms. The summed E-state index contributed by atoms with van der Waals surface area (Å²) in [4.78, 5) is 10.7. The van der Waals surface area contributed by atoms with Gasteiger partial charge in [0.1, 0.15) is 5.69 Å². The van der Waals surface area contributed by atoms with Gasteiger partial charge < -0.3 is 11.1 Å². The van der Waals surface area contributed by atoms with Gasteiger partial charge in [0, 0.05) is 18.2 Å². The molecule has 0 aliphatic rings. The molecule has 0 aliphatic heterocycles. The lowest BCUT2D eigenvalue weighted by Crippen LogP contribution is -2.21. The summed E-state index contributed by atoms with van der Waals surface area (Å²) >= 11 is 0. The molecule has 3 N–H and O–H groups in total. The van der Waals surface area contributed by atoms with Crippen LogP contribution in [-0.4, -0.2) is 11.5 Å². The van der Waals surface area contributed by atoms with Crippen LogP contribution >= 0.6 is 0 Å². The Labute approximate surface area is 117 Å². The number of rotatable bonds is 5. The fraction of sp³-hybridized carbons (Fsp3) is 0.200. The summed E-state index contributed by atoms with van der Waals surface area (Å²) < 4.78 is 0. The molecule has 5 heteroatoms. The fourth-order valence-electron chi connectivity index (χ4n) is 2.08. The predicted molar refractivity (Wildman–Crippen MR) is 79.7 cm³/mol. The van der Waals surface area contributed by atoms with Crippen LogP contribution in [0.1, 0.15) is 17.2 Å². The van der Waals surface area contributed by atoms with Crippen LogP contribution in [0.25, 0.3) is 0 Å². The van der Waals surface area contributed by atoms with E-state index in [1.807, 2.05) is 30.3 Å². The van der Waals surface area contributed by atoms with Gasteiger partial charge in [0.15, 0.2) is 0 Å². The third kappa shape index (κ3) is 3.13. The molecule has 0 spiro atoms. The molecular formula is C15H17N3O2. The van der Waals surface area contributed by atoms with Crippen LogP contribution in [0.5, 0.6) is 0 Å². The van der Waals surface area contributed by atoms with Gasteiger partial charge in [-0.3, -0.25) is 10.1 Å². The molecule has 20 heavy (non-hydrogen) atoms. The van der Waals surface area contributed by atoms with Crippen molar-refractivity contribution in [2.24, 2.45) is 5.73 Å². The number of nitro groups is 1. The molecule has 1 unspecified atom stereocenters. The Hall–Kier alpha value is -2.40. The summed E-state index contributed by atoms with van der Waals surface area (Å²) in [6, 6.07) is 14.6. The first-order valence-electron chi connectivity index (χ1n) is 6.38. The van der Waals surface area contributed by atoms with Crippen LogP contribution in [0.4, 0.5) is 11.4 Å². The maximum Gasteiger partial charge on any atom is 0.295 e. The SMILES string of the molecule is Cc1cccc(NCC(N)c2ccccc2)c1[N+](=O)[O-]. The van der Waals surface area contributed by atoms with Crippen molar-refractivity contribution in [3.8, 4) is 0 Å². The number of nitro benzene ring substituents is 1. The molecular weight excluding hydrogens is 254 g/mol. The maximum absolute atomic E-state index is 11.1. The number of anilines is 1. The smallest absolute Gasteiger partial charge is 0.295 e. The van der Waals surface area contributed by atoms with Crippen molar-refractivity contribution < 1.29 is 4.92 Å². The summed E-state index contributed by atoms with van der Waals surface area (Å²) in [7, 11) is 0. The maximum atomic E-state index is 11.1. The quantitative estimate of drug-likeness (QED) is 0.647. The topological polar surface area (TPSA) is 81.2 Å². The normalized spacial score (nSPS) is 11.9. The van der Waals surface area contributed by atoms with Crippen LogP contribution in [0.3, 0.4) is 0 Å². The van der Waals surface area contributed by atoms with Crippen LogP contribution in [0, 0.1) is 17.0 Å².